The topological polar surface area (TPSA) is 20.2 Å². The molecule has 0 heterocycles. The van der Waals surface area contributed by atoms with E-state index in [1.165, 1.54) is 38.5 Å². The van der Waals surface area contributed by atoms with Gasteiger partial charge in [0.05, 0.1) is 0 Å². The molecule has 1 N–H and O–H groups in total. The summed E-state index contributed by atoms with van der Waals surface area (Å²) in [6, 6.07) is 0. The summed E-state index contributed by atoms with van der Waals surface area (Å²) in [4.78, 5) is 0. The molecule has 0 aromatic rings. The van der Waals surface area contributed by atoms with Gasteiger partial charge in [0, 0.05) is 6.61 Å². The van der Waals surface area contributed by atoms with Crippen molar-refractivity contribution in [3.05, 3.63) is 24.3 Å². The third kappa shape index (κ3) is 13.4. The Hall–Kier alpha value is -0.560. The molecule has 0 bridgehead atoms. The van der Waals surface area contributed by atoms with Crippen LogP contribution in [0.1, 0.15) is 64.7 Å². The Balaban J connectivity index is 3.15. The minimum Gasteiger partial charge on any atom is -0.396 e. The van der Waals surface area contributed by atoms with Gasteiger partial charge in [-0.25, -0.2) is 0 Å². The second kappa shape index (κ2) is 14.4. The Morgan fingerprint density at radius 2 is 1.31 bits per heavy atom. The van der Waals surface area contributed by atoms with Crippen molar-refractivity contribution in [3.8, 4) is 0 Å². The summed E-state index contributed by atoms with van der Waals surface area (Å²) in [5.74, 6) is 0. The van der Waals surface area contributed by atoms with Crippen LogP contribution in [0, 0.1) is 0 Å². The van der Waals surface area contributed by atoms with Crippen LogP contribution in [0.25, 0.3) is 0 Å². The molecule has 1 nitrogen and oxygen atoms in total. The van der Waals surface area contributed by atoms with Crippen LogP contribution < -0.4 is 0 Å². The number of aliphatic hydroxyl groups excluding tert-OH is 1. The fraction of sp³-hybridized carbons (Fsp3) is 0.733. The van der Waals surface area contributed by atoms with Gasteiger partial charge < -0.3 is 5.11 Å². The van der Waals surface area contributed by atoms with E-state index >= 15 is 0 Å². The molecule has 0 aromatic heterocycles. The lowest BCUT2D eigenvalue weighted by Gasteiger charge is -1.93. The quantitative estimate of drug-likeness (QED) is 0.401. The summed E-state index contributed by atoms with van der Waals surface area (Å²) < 4.78 is 0. The molecule has 0 rings (SSSR count). The van der Waals surface area contributed by atoms with Crippen LogP contribution in [0.3, 0.4) is 0 Å². The standard InChI is InChI=1S/C15H28O/c1-2-3-4-5-6-7-8-9-10-11-12-13-14-15-16/h7-10,16H,2-6,11-15H2,1H3. The number of hydrogen-bond acceptors (Lipinski definition) is 1. The second-order valence-corrected chi connectivity index (χ2v) is 4.28. The van der Waals surface area contributed by atoms with Gasteiger partial charge in [0.2, 0.25) is 0 Å². The summed E-state index contributed by atoms with van der Waals surface area (Å²) in [6.45, 7) is 2.58. The van der Waals surface area contributed by atoms with Gasteiger partial charge in [0.1, 0.15) is 0 Å². The smallest absolute Gasteiger partial charge is 0.0431 e. The zero-order chi connectivity index (χ0) is 11.9. The van der Waals surface area contributed by atoms with E-state index in [4.69, 9.17) is 5.11 Å². The first-order valence-electron chi connectivity index (χ1n) is 6.84. The maximum Gasteiger partial charge on any atom is 0.0431 e. The first kappa shape index (κ1) is 15.4. The molecule has 1 heteroatoms. The minimum atomic E-state index is 0.335. The molecular weight excluding hydrogens is 196 g/mol. The molecule has 0 saturated heterocycles. The molecule has 0 unspecified atom stereocenters. The molecule has 0 aromatic carbocycles. The van der Waals surface area contributed by atoms with Crippen molar-refractivity contribution < 1.29 is 5.11 Å². The highest BCUT2D eigenvalue weighted by Gasteiger charge is 1.84. The summed E-state index contributed by atoms with van der Waals surface area (Å²) >= 11 is 0. The number of hydrogen-bond donors (Lipinski definition) is 1. The third-order valence-electron chi connectivity index (χ3n) is 2.64. The van der Waals surface area contributed by atoms with Gasteiger partial charge in [0.15, 0.2) is 0 Å². The second-order valence-electron chi connectivity index (χ2n) is 4.28. The van der Waals surface area contributed by atoms with Crippen molar-refractivity contribution in [2.45, 2.75) is 64.7 Å². The maximum atomic E-state index is 8.60. The van der Waals surface area contributed by atoms with E-state index in [2.05, 4.69) is 31.2 Å². The van der Waals surface area contributed by atoms with Crippen LogP contribution in [-0.2, 0) is 0 Å². The Morgan fingerprint density at radius 1 is 0.750 bits per heavy atom. The van der Waals surface area contributed by atoms with Crippen molar-refractivity contribution in [1.29, 1.82) is 0 Å². The van der Waals surface area contributed by atoms with Crippen molar-refractivity contribution in [3.63, 3.8) is 0 Å². The molecule has 0 amide bonds. The van der Waals surface area contributed by atoms with E-state index in [1.54, 1.807) is 0 Å². The van der Waals surface area contributed by atoms with Gasteiger partial charge in [-0.2, -0.15) is 0 Å². The number of unbranched alkanes of at least 4 members (excludes halogenated alkanes) is 7. The van der Waals surface area contributed by atoms with Crippen molar-refractivity contribution in [2.24, 2.45) is 0 Å². The van der Waals surface area contributed by atoms with Crippen molar-refractivity contribution >= 4 is 0 Å². The van der Waals surface area contributed by atoms with Crippen LogP contribution in [0.4, 0.5) is 0 Å². The van der Waals surface area contributed by atoms with Gasteiger partial charge in [-0.15, -0.1) is 0 Å². The van der Waals surface area contributed by atoms with Gasteiger partial charge in [0.25, 0.3) is 0 Å². The highest BCUT2D eigenvalue weighted by Crippen LogP contribution is 2.03. The molecule has 0 aliphatic carbocycles. The SMILES string of the molecule is CCCCCCC=CC=CCCCCCO. The fourth-order valence-electron chi connectivity index (χ4n) is 1.59. The van der Waals surface area contributed by atoms with Gasteiger partial charge in [-0.3, -0.25) is 0 Å². The zero-order valence-corrected chi connectivity index (χ0v) is 10.8. The largest absolute Gasteiger partial charge is 0.396 e. The fourth-order valence-corrected chi connectivity index (χ4v) is 1.59. The Bertz CT molecular complexity index is 150. The minimum absolute atomic E-state index is 0.335. The molecule has 0 saturated carbocycles. The van der Waals surface area contributed by atoms with E-state index < -0.39 is 0 Å². The summed E-state index contributed by atoms with van der Waals surface area (Å²) in [6.07, 6.45) is 19.8. The zero-order valence-electron chi connectivity index (χ0n) is 10.8. The number of rotatable bonds is 11. The normalized spacial score (nSPS) is 11.9. The molecule has 0 fully saturated rings. The van der Waals surface area contributed by atoms with Gasteiger partial charge >= 0.3 is 0 Å². The highest BCUT2D eigenvalue weighted by molar-refractivity contribution is 5.02. The lowest BCUT2D eigenvalue weighted by atomic mass is 10.1. The third-order valence-corrected chi connectivity index (χ3v) is 2.64. The molecule has 0 aliphatic rings. The first-order valence-corrected chi connectivity index (χ1v) is 6.84. The lowest BCUT2D eigenvalue weighted by molar-refractivity contribution is 0.283. The van der Waals surface area contributed by atoms with Crippen molar-refractivity contribution in [1.82, 2.24) is 0 Å². The van der Waals surface area contributed by atoms with Crippen LogP contribution >= 0.6 is 0 Å². The van der Waals surface area contributed by atoms with E-state index in [-0.39, 0.29) is 0 Å². The van der Waals surface area contributed by atoms with Crippen molar-refractivity contribution in [2.75, 3.05) is 6.61 Å². The van der Waals surface area contributed by atoms with E-state index in [0.29, 0.717) is 6.61 Å². The summed E-state index contributed by atoms with van der Waals surface area (Å²) in [7, 11) is 0. The van der Waals surface area contributed by atoms with Crippen LogP contribution in [0.5, 0.6) is 0 Å². The van der Waals surface area contributed by atoms with Crippen LogP contribution in [-0.4, -0.2) is 11.7 Å². The van der Waals surface area contributed by atoms with Crippen LogP contribution in [0.15, 0.2) is 24.3 Å². The monoisotopic (exact) mass is 224 g/mol. The lowest BCUT2D eigenvalue weighted by Crippen LogP contribution is -1.81. The maximum absolute atomic E-state index is 8.60. The summed E-state index contributed by atoms with van der Waals surface area (Å²) in [5.41, 5.74) is 0. The Labute approximate surface area is 101 Å². The Kier molecular flexibility index (Phi) is 13.9. The Morgan fingerprint density at radius 3 is 1.81 bits per heavy atom. The molecule has 0 radical (unpaired) electrons. The van der Waals surface area contributed by atoms with E-state index in [1.807, 2.05) is 0 Å². The van der Waals surface area contributed by atoms with Crippen LogP contribution in [0.2, 0.25) is 0 Å². The average molecular weight is 224 g/mol. The average Bonchev–Trinajstić information content (AvgIpc) is 2.31. The predicted octanol–water partition coefficient (Wildman–Crippen LogP) is 4.62. The molecule has 0 spiro atoms. The molecular formula is C15H28O. The molecule has 16 heavy (non-hydrogen) atoms. The van der Waals surface area contributed by atoms with E-state index in [9.17, 15) is 0 Å². The van der Waals surface area contributed by atoms with Gasteiger partial charge in [-0.1, -0.05) is 56.9 Å². The highest BCUT2D eigenvalue weighted by atomic mass is 16.2. The molecule has 0 aliphatic heterocycles. The number of aliphatic hydroxyl groups is 1. The molecule has 94 valence electrons. The number of allylic oxidation sites excluding steroid dienone is 4. The van der Waals surface area contributed by atoms with E-state index in [0.717, 1.165) is 19.3 Å². The summed E-state index contributed by atoms with van der Waals surface area (Å²) in [5, 5.41) is 8.60. The first-order chi connectivity index (χ1) is 7.91. The molecule has 0 atom stereocenters. The predicted molar refractivity (Wildman–Crippen MR) is 72.6 cm³/mol. The van der Waals surface area contributed by atoms with Gasteiger partial charge in [-0.05, 0) is 32.1 Å².